The van der Waals surface area contributed by atoms with Crippen LogP contribution in [0.1, 0.15) is 43.1 Å². The number of nitrogens with zero attached hydrogens (tertiary/aromatic N) is 2. The summed E-state index contributed by atoms with van der Waals surface area (Å²) in [5.41, 5.74) is 0.457. The van der Waals surface area contributed by atoms with E-state index in [1.165, 1.54) is 6.20 Å². The molecular formula is C14H18Cl2N2O. The molecule has 0 aliphatic carbocycles. The Morgan fingerprint density at radius 3 is 2.95 bits per heavy atom. The summed E-state index contributed by atoms with van der Waals surface area (Å²) in [4.78, 5) is 18.5. The Morgan fingerprint density at radius 1 is 1.53 bits per heavy atom. The standard InChI is InChI=1S/C14H18Cl2N2O/c1-10(15)8-12-4-2-3-7-18(12)14(19)13-6-5-11(16)9-17-13/h5-6,9-10,12H,2-4,7-8H2,1H3. The van der Waals surface area contributed by atoms with E-state index in [1.807, 2.05) is 11.8 Å². The van der Waals surface area contributed by atoms with Crippen LogP contribution < -0.4 is 0 Å². The first-order valence-corrected chi connectivity index (χ1v) is 7.46. The van der Waals surface area contributed by atoms with Crippen LogP contribution in [-0.4, -0.2) is 33.8 Å². The molecule has 2 atom stereocenters. The largest absolute Gasteiger partial charge is 0.334 e. The lowest BCUT2D eigenvalue weighted by molar-refractivity contribution is 0.0596. The van der Waals surface area contributed by atoms with Gasteiger partial charge in [-0.15, -0.1) is 11.6 Å². The maximum Gasteiger partial charge on any atom is 0.272 e. The average Bonchev–Trinajstić information content (AvgIpc) is 2.39. The number of carbonyl (C=O) groups is 1. The predicted octanol–water partition coefficient (Wildman–Crippen LogP) is 3.75. The fourth-order valence-corrected chi connectivity index (χ4v) is 2.85. The molecule has 0 spiro atoms. The third kappa shape index (κ3) is 3.83. The molecule has 0 radical (unpaired) electrons. The summed E-state index contributed by atoms with van der Waals surface area (Å²) in [6.07, 6.45) is 5.58. The zero-order valence-corrected chi connectivity index (χ0v) is 12.5. The first-order chi connectivity index (χ1) is 9.08. The van der Waals surface area contributed by atoms with Gasteiger partial charge < -0.3 is 4.90 Å². The molecule has 2 rings (SSSR count). The molecule has 104 valence electrons. The molecular weight excluding hydrogens is 283 g/mol. The van der Waals surface area contributed by atoms with E-state index in [0.717, 1.165) is 32.2 Å². The number of amides is 1. The monoisotopic (exact) mass is 300 g/mol. The van der Waals surface area contributed by atoms with Crippen molar-refractivity contribution in [1.29, 1.82) is 0 Å². The van der Waals surface area contributed by atoms with Crippen molar-refractivity contribution in [1.82, 2.24) is 9.88 Å². The molecule has 0 aromatic carbocycles. The van der Waals surface area contributed by atoms with Crippen LogP contribution >= 0.6 is 23.2 Å². The van der Waals surface area contributed by atoms with E-state index in [-0.39, 0.29) is 17.3 Å². The van der Waals surface area contributed by atoms with Crippen molar-refractivity contribution >= 4 is 29.1 Å². The van der Waals surface area contributed by atoms with Gasteiger partial charge in [-0.2, -0.15) is 0 Å². The third-order valence-electron chi connectivity index (χ3n) is 3.43. The van der Waals surface area contributed by atoms with Crippen LogP contribution in [0.4, 0.5) is 0 Å². The number of carbonyl (C=O) groups excluding carboxylic acids is 1. The van der Waals surface area contributed by atoms with E-state index in [9.17, 15) is 4.79 Å². The zero-order valence-electron chi connectivity index (χ0n) is 11.0. The van der Waals surface area contributed by atoms with E-state index in [4.69, 9.17) is 23.2 Å². The Balaban J connectivity index is 2.12. The molecule has 5 heteroatoms. The highest BCUT2D eigenvalue weighted by Gasteiger charge is 2.28. The van der Waals surface area contributed by atoms with Crippen LogP contribution in [-0.2, 0) is 0 Å². The van der Waals surface area contributed by atoms with E-state index in [0.29, 0.717) is 10.7 Å². The average molecular weight is 301 g/mol. The second kappa shape index (κ2) is 6.58. The van der Waals surface area contributed by atoms with Gasteiger partial charge in [0.25, 0.3) is 5.91 Å². The number of alkyl halides is 1. The molecule has 3 nitrogen and oxygen atoms in total. The Kier molecular flexibility index (Phi) is 5.06. The number of hydrogen-bond donors (Lipinski definition) is 0. The lowest BCUT2D eigenvalue weighted by Gasteiger charge is -2.36. The summed E-state index contributed by atoms with van der Waals surface area (Å²) < 4.78 is 0. The van der Waals surface area contributed by atoms with Gasteiger partial charge in [0.15, 0.2) is 0 Å². The van der Waals surface area contributed by atoms with Crippen LogP contribution in [0, 0.1) is 0 Å². The van der Waals surface area contributed by atoms with Crippen LogP contribution in [0.2, 0.25) is 5.02 Å². The molecule has 19 heavy (non-hydrogen) atoms. The van der Waals surface area contributed by atoms with E-state index >= 15 is 0 Å². The van der Waals surface area contributed by atoms with Gasteiger partial charge in [0.2, 0.25) is 0 Å². The van der Waals surface area contributed by atoms with Gasteiger partial charge in [0, 0.05) is 24.2 Å². The van der Waals surface area contributed by atoms with Crippen molar-refractivity contribution < 1.29 is 4.79 Å². The molecule has 0 bridgehead atoms. The molecule has 1 aliphatic heterocycles. The fraction of sp³-hybridized carbons (Fsp3) is 0.571. The van der Waals surface area contributed by atoms with Gasteiger partial charge in [-0.3, -0.25) is 4.79 Å². The summed E-state index contributed by atoms with van der Waals surface area (Å²) >= 11 is 11.9. The maximum atomic E-state index is 12.5. The van der Waals surface area contributed by atoms with Crippen LogP contribution in [0.3, 0.4) is 0 Å². The van der Waals surface area contributed by atoms with Crippen molar-refractivity contribution in [3.63, 3.8) is 0 Å². The number of likely N-dealkylation sites (tertiary alicyclic amines) is 1. The second-order valence-electron chi connectivity index (χ2n) is 5.03. The molecule has 1 fully saturated rings. The number of aromatic nitrogens is 1. The van der Waals surface area contributed by atoms with Crippen molar-refractivity contribution in [3.05, 3.63) is 29.0 Å². The number of piperidine rings is 1. The van der Waals surface area contributed by atoms with E-state index in [2.05, 4.69) is 4.98 Å². The number of halogens is 2. The van der Waals surface area contributed by atoms with Gasteiger partial charge in [-0.25, -0.2) is 4.98 Å². The minimum absolute atomic E-state index is 0.0151. The first kappa shape index (κ1) is 14.6. The normalized spacial score (nSPS) is 21.2. The topological polar surface area (TPSA) is 33.2 Å². The first-order valence-electron chi connectivity index (χ1n) is 6.64. The minimum atomic E-state index is -0.0151. The Hall–Kier alpha value is -0.800. The molecule has 2 heterocycles. The molecule has 1 saturated heterocycles. The molecule has 1 aromatic heterocycles. The quantitative estimate of drug-likeness (QED) is 0.797. The molecule has 1 aliphatic rings. The van der Waals surface area contributed by atoms with Gasteiger partial charge in [0.1, 0.15) is 5.69 Å². The molecule has 2 unspecified atom stereocenters. The van der Waals surface area contributed by atoms with Gasteiger partial charge in [-0.05, 0) is 44.7 Å². The van der Waals surface area contributed by atoms with Crippen molar-refractivity contribution in [2.45, 2.75) is 44.0 Å². The van der Waals surface area contributed by atoms with Gasteiger partial charge in [0.05, 0.1) is 5.02 Å². The van der Waals surface area contributed by atoms with E-state index in [1.54, 1.807) is 12.1 Å². The summed E-state index contributed by atoms with van der Waals surface area (Å²) in [5, 5.41) is 0.623. The predicted molar refractivity (Wildman–Crippen MR) is 77.9 cm³/mol. The second-order valence-corrected chi connectivity index (χ2v) is 6.21. The Bertz CT molecular complexity index is 434. The SMILES string of the molecule is CC(Cl)CC1CCCCN1C(=O)c1ccc(Cl)cn1. The highest BCUT2D eigenvalue weighted by atomic mass is 35.5. The highest BCUT2D eigenvalue weighted by Crippen LogP contribution is 2.24. The summed E-state index contributed by atoms with van der Waals surface area (Å²) in [5.74, 6) is -0.0151. The maximum absolute atomic E-state index is 12.5. The van der Waals surface area contributed by atoms with E-state index < -0.39 is 0 Å². The van der Waals surface area contributed by atoms with Crippen molar-refractivity contribution in [2.75, 3.05) is 6.54 Å². The molecule has 0 saturated carbocycles. The summed E-state index contributed by atoms with van der Waals surface area (Å²) in [6.45, 7) is 2.76. The number of pyridine rings is 1. The zero-order chi connectivity index (χ0) is 13.8. The fourth-order valence-electron chi connectivity index (χ4n) is 2.54. The Labute approximate surface area is 123 Å². The van der Waals surface area contributed by atoms with Crippen LogP contribution in [0.5, 0.6) is 0 Å². The molecule has 0 N–H and O–H groups in total. The summed E-state index contributed by atoms with van der Waals surface area (Å²) in [6, 6.07) is 3.61. The lowest BCUT2D eigenvalue weighted by atomic mass is 9.97. The lowest BCUT2D eigenvalue weighted by Crippen LogP contribution is -2.44. The van der Waals surface area contributed by atoms with Gasteiger partial charge >= 0.3 is 0 Å². The molecule has 1 aromatic rings. The van der Waals surface area contributed by atoms with Crippen molar-refractivity contribution in [3.8, 4) is 0 Å². The summed E-state index contributed by atoms with van der Waals surface area (Å²) in [7, 11) is 0. The molecule has 1 amide bonds. The third-order valence-corrected chi connectivity index (χ3v) is 3.83. The van der Waals surface area contributed by atoms with Crippen LogP contribution in [0.15, 0.2) is 18.3 Å². The smallest absolute Gasteiger partial charge is 0.272 e. The minimum Gasteiger partial charge on any atom is -0.334 e. The van der Waals surface area contributed by atoms with Crippen LogP contribution in [0.25, 0.3) is 0 Å². The number of hydrogen-bond acceptors (Lipinski definition) is 2. The Morgan fingerprint density at radius 2 is 2.32 bits per heavy atom. The van der Waals surface area contributed by atoms with Crippen molar-refractivity contribution in [2.24, 2.45) is 0 Å². The number of rotatable bonds is 3. The highest BCUT2D eigenvalue weighted by molar-refractivity contribution is 6.30. The van der Waals surface area contributed by atoms with Gasteiger partial charge in [-0.1, -0.05) is 11.6 Å².